The van der Waals surface area contributed by atoms with Gasteiger partial charge in [0.05, 0.1) is 5.60 Å². The Balaban J connectivity index is 1.48. The van der Waals surface area contributed by atoms with Crippen molar-refractivity contribution in [2.45, 2.75) is 96.0 Å². The SMILES string of the molecule is CCCCCCCCCCC1(O)CC2CCC1C2. The zero-order valence-corrected chi connectivity index (χ0v) is 12.3. The van der Waals surface area contributed by atoms with Crippen LogP contribution in [-0.4, -0.2) is 10.7 Å². The molecule has 2 fully saturated rings. The van der Waals surface area contributed by atoms with Gasteiger partial charge >= 0.3 is 0 Å². The van der Waals surface area contributed by atoms with E-state index in [9.17, 15) is 5.11 Å². The van der Waals surface area contributed by atoms with Gasteiger partial charge < -0.3 is 5.11 Å². The van der Waals surface area contributed by atoms with Crippen LogP contribution in [0.4, 0.5) is 0 Å². The molecule has 2 aliphatic carbocycles. The molecule has 0 spiro atoms. The van der Waals surface area contributed by atoms with E-state index in [-0.39, 0.29) is 5.60 Å². The van der Waals surface area contributed by atoms with E-state index >= 15 is 0 Å². The highest BCUT2D eigenvalue weighted by Gasteiger charge is 2.49. The lowest BCUT2D eigenvalue weighted by molar-refractivity contribution is -0.0225. The third kappa shape index (κ3) is 3.73. The lowest BCUT2D eigenvalue weighted by Crippen LogP contribution is -2.34. The molecule has 0 aromatic rings. The molecule has 1 heteroatoms. The molecule has 0 aromatic heterocycles. The van der Waals surface area contributed by atoms with Gasteiger partial charge in [0.1, 0.15) is 0 Å². The molecule has 1 N–H and O–H groups in total. The zero-order chi connectivity index (χ0) is 12.8. The average molecular weight is 252 g/mol. The van der Waals surface area contributed by atoms with Gasteiger partial charge in [0.2, 0.25) is 0 Å². The standard InChI is InChI=1S/C17H32O/c1-2-3-4-5-6-7-8-9-12-17(18)14-15-10-11-16(17)13-15/h15-16,18H,2-14H2,1H3. The minimum atomic E-state index is -0.245. The summed E-state index contributed by atoms with van der Waals surface area (Å²) in [7, 11) is 0. The predicted molar refractivity (Wildman–Crippen MR) is 77.6 cm³/mol. The molecule has 0 saturated heterocycles. The number of aliphatic hydroxyl groups is 1. The summed E-state index contributed by atoms with van der Waals surface area (Å²) >= 11 is 0. The summed E-state index contributed by atoms with van der Waals surface area (Å²) in [4.78, 5) is 0. The van der Waals surface area contributed by atoms with E-state index in [1.807, 2.05) is 0 Å². The van der Waals surface area contributed by atoms with Crippen molar-refractivity contribution in [3.05, 3.63) is 0 Å². The molecule has 1 nitrogen and oxygen atoms in total. The second-order valence-corrected chi connectivity index (χ2v) is 6.91. The summed E-state index contributed by atoms with van der Waals surface area (Å²) in [5.41, 5.74) is -0.245. The number of unbranched alkanes of at least 4 members (excludes halogenated alkanes) is 7. The highest BCUT2D eigenvalue weighted by molar-refractivity contribution is 5.00. The first-order valence-corrected chi connectivity index (χ1v) is 8.47. The van der Waals surface area contributed by atoms with Crippen LogP contribution < -0.4 is 0 Å². The van der Waals surface area contributed by atoms with Crippen molar-refractivity contribution in [3.63, 3.8) is 0 Å². The Hall–Kier alpha value is -0.0400. The second-order valence-electron chi connectivity index (χ2n) is 6.91. The first kappa shape index (κ1) is 14.4. The Kier molecular flexibility index (Phi) is 5.54. The Morgan fingerprint density at radius 3 is 2.17 bits per heavy atom. The van der Waals surface area contributed by atoms with Crippen LogP contribution >= 0.6 is 0 Å². The van der Waals surface area contributed by atoms with Crippen LogP contribution in [-0.2, 0) is 0 Å². The van der Waals surface area contributed by atoms with Crippen molar-refractivity contribution < 1.29 is 5.11 Å². The third-order valence-electron chi connectivity index (χ3n) is 5.41. The van der Waals surface area contributed by atoms with E-state index in [0.717, 1.165) is 18.8 Å². The summed E-state index contributed by atoms with van der Waals surface area (Å²) < 4.78 is 0. The van der Waals surface area contributed by atoms with Gasteiger partial charge in [-0.05, 0) is 43.9 Å². The molecule has 3 atom stereocenters. The van der Waals surface area contributed by atoms with Crippen LogP contribution in [0.5, 0.6) is 0 Å². The van der Waals surface area contributed by atoms with Crippen LogP contribution in [0.15, 0.2) is 0 Å². The monoisotopic (exact) mass is 252 g/mol. The van der Waals surface area contributed by atoms with E-state index in [4.69, 9.17) is 0 Å². The second kappa shape index (κ2) is 6.93. The van der Waals surface area contributed by atoms with E-state index < -0.39 is 0 Å². The van der Waals surface area contributed by atoms with Crippen LogP contribution in [0.1, 0.15) is 90.4 Å². The molecule has 0 heterocycles. The van der Waals surface area contributed by atoms with Crippen molar-refractivity contribution in [3.8, 4) is 0 Å². The molecule has 2 rings (SSSR count). The Labute approximate surface area is 113 Å². The minimum absolute atomic E-state index is 0.245. The molecular weight excluding hydrogens is 220 g/mol. The Morgan fingerprint density at radius 1 is 0.944 bits per heavy atom. The predicted octanol–water partition coefficient (Wildman–Crippen LogP) is 5.07. The van der Waals surface area contributed by atoms with E-state index in [1.54, 1.807) is 0 Å². The van der Waals surface area contributed by atoms with E-state index in [1.165, 1.54) is 70.6 Å². The lowest BCUT2D eigenvalue weighted by Gasteiger charge is -2.32. The van der Waals surface area contributed by atoms with Crippen molar-refractivity contribution >= 4 is 0 Å². The van der Waals surface area contributed by atoms with Crippen LogP contribution in [0, 0.1) is 11.8 Å². The Morgan fingerprint density at radius 2 is 1.61 bits per heavy atom. The maximum atomic E-state index is 10.7. The van der Waals surface area contributed by atoms with Crippen LogP contribution in [0.25, 0.3) is 0 Å². The molecule has 3 unspecified atom stereocenters. The molecule has 2 saturated carbocycles. The van der Waals surface area contributed by atoms with Crippen molar-refractivity contribution in [2.24, 2.45) is 11.8 Å². The molecule has 0 aliphatic heterocycles. The summed E-state index contributed by atoms with van der Waals surface area (Å²) in [6.45, 7) is 2.27. The first-order valence-electron chi connectivity index (χ1n) is 8.47. The molecule has 0 radical (unpaired) electrons. The Bertz CT molecular complexity index is 238. The first-order chi connectivity index (χ1) is 8.74. The number of hydrogen-bond donors (Lipinski definition) is 1. The van der Waals surface area contributed by atoms with Crippen molar-refractivity contribution in [2.75, 3.05) is 0 Å². The third-order valence-corrected chi connectivity index (χ3v) is 5.41. The van der Waals surface area contributed by atoms with Gasteiger partial charge in [-0.25, -0.2) is 0 Å². The van der Waals surface area contributed by atoms with Gasteiger partial charge in [0.15, 0.2) is 0 Å². The number of fused-ring (bicyclic) bond motifs is 2. The van der Waals surface area contributed by atoms with Gasteiger partial charge in [-0.15, -0.1) is 0 Å². The summed E-state index contributed by atoms with van der Waals surface area (Å²) in [5.74, 6) is 1.53. The molecule has 106 valence electrons. The summed E-state index contributed by atoms with van der Waals surface area (Å²) in [6, 6.07) is 0. The van der Waals surface area contributed by atoms with Gasteiger partial charge in [0.25, 0.3) is 0 Å². The van der Waals surface area contributed by atoms with Gasteiger partial charge in [-0.3, -0.25) is 0 Å². The maximum Gasteiger partial charge on any atom is 0.0678 e. The summed E-state index contributed by atoms with van der Waals surface area (Å²) in [6.07, 6.45) is 17.2. The molecule has 0 aromatic carbocycles. The van der Waals surface area contributed by atoms with Crippen molar-refractivity contribution in [1.82, 2.24) is 0 Å². The molecule has 18 heavy (non-hydrogen) atoms. The largest absolute Gasteiger partial charge is 0.390 e. The van der Waals surface area contributed by atoms with Crippen LogP contribution in [0.2, 0.25) is 0 Å². The molecule has 2 aliphatic rings. The quantitative estimate of drug-likeness (QED) is 0.568. The molecule has 0 amide bonds. The minimum Gasteiger partial charge on any atom is -0.390 e. The van der Waals surface area contributed by atoms with E-state index in [2.05, 4.69) is 6.92 Å². The van der Waals surface area contributed by atoms with Crippen molar-refractivity contribution in [1.29, 1.82) is 0 Å². The molecule has 2 bridgehead atoms. The average Bonchev–Trinajstić information content (AvgIpc) is 2.92. The van der Waals surface area contributed by atoms with Gasteiger partial charge in [-0.1, -0.05) is 58.3 Å². The van der Waals surface area contributed by atoms with Gasteiger partial charge in [-0.2, -0.15) is 0 Å². The van der Waals surface area contributed by atoms with Gasteiger partial charge in [0, 0.05) is 0 Å². The maximum absolute atomic E-state index is 10.7. The smallest absolute Gasteiger partial charge is 0.0678 e. The number of rotatable bonds is 9. The van der Waals surface area contributed by atoms with E-state index in [0.29, 0.717) is 5.92 Å². The highest BCUT2D eigenvalue weighted by Crippen LogP contribution is 2.52. The fraction of sp³-hybridized carbons (Fsp3) is 1.00. The summed E-state index contributed by atoms with van der Waals surface area (Å²) in [5, 5.41) is 10.7. The molecular formula is C17H32O. The fourth-order valence-corrected chi connectivity index (χ4v) is 4.29. The highest BCUT2D eigenvalue weighted by atomic mass is 16.3. The number of hydrogen-bond acceptors (Lipinski definition) is 1. The normalized spacial score (nSPS) is 34.3. The zero-order valence-electron chi connectivity index (χ0n) is 12.3. The lowest BCUT2D eigenvalue weighted by atomic mass is 9.80. The topological polar surface area (TPSA) is 20.2 Å². The van der Waals surface area contributed by atoms with Crippen LogP contribution in [0.3, 0.4) is 0 Å². The fourth-order valence-electron chi connectivity index (χ4n) is 4.29.